The third-order valence-electron chi connectivity index (χ3n) is 3.83. The Labute approximate surface area is 111 Å². The van der Waals surface area contributed by atoms with E-state index in [2.05, 4.69) is 47.5 Å². The van der Waals surface area contributed by atoms with Gasteiger partial charge in [-0.3, -0.25) is 0 Å². The first-order valence-electron chi connectivity index (χ1n) is 7.43. The van der Waals surface area contributed by atoms with Crippen LogP contribution < -0.4 is 10.2 Å². The van der Waals surface area contributed by atoms with Crippen LogP contribution in [0.25, 0.3) is 0 Å². The second kappa shape index (κ2) is 7.42. The smallest absolute Gasteiger partial charge is 0.0366 e. The molecule has 1 aliphatic rings. The van der Waals surface area contributed by atoms with Gasteiger partial charge in [0.15, 0.2) is 0 Å². The predicted molar refractivity (Wildman–Crippen MR) is 79.2 cm³/mol. The van der Waals surface area contributed by atoms with Crippen LogP contribution in [0.5, 0.6) is 0 Å². The van der Waals surface area contributed by atoms with Crippen LogP contribution >= 0.6 is 0 Å². The summed E-state index contributed by atoms with van der Waals surface area (Å²) in [7, 11) is 0. The van der Waals surface area contributed by atoms with Gasteiger partial charge in [0.1, 0.15) is 0 Å². The fourth-order valence-electron chi connectivity index (χ4n) is 2.66. The highest BCUT2D eigenvalue weighted by atomic mass is 15.1. The summed E-state index contributed by atoms with van der Waals surface area (Å²) in [5.74, 6) is 0. The van der Waals surface area contributed by atoms with Gasteiger partial charge in [-0.25, -0.2) is 0 Å². The van der Waals surface area contributed by atoms with Gasteiger partial charge in [-0.2, -0.15) is 0 Å². The van der Waals surface area contributed by atoms with Crippen molar-refractivity contribution < 1.29 is 0 Å². The van der Waals surface area contributed by atoms with E-state index in [9.17, 15) is 0 Å². The standard InChI is InChI=1S/C16H26N2/c1-2-3-7-12-17-15-10-13-18(14-11-15)16-8-5-4-6-9-16/h4-6,8-9,15,17H,2-3,7,10-14H2,1H3. The van der Waals surface area contributed by atoms with E-state index in [-0.39, 0.29) is 0 Å². The minimum absolute atomic E-state index is 0.738. The average molecular weight is 246 g/mol. The first-order valence-corrected chi connectivity index (χ1v) is 7.43. The monoisotopic (exact) mass is 246 g/mol. The molecule has 0 aliphatic carbocycles. The zero-order valence-electron chi connectivity index (χ0n) is 11.6. The second-order valence-electron chi connectivity index (χ2n) is 5.26. The summed E-state index contributed by atoms with van der Waals surface area (Å²) < 4.78 is 0. The van der Waals surface area contributed by atoms with Crippen LogP contribution in [0.2, 0.25) is 0 Å². The Bertz CT molecular complexity index is 315. The molecule has 0 unspecified atom stereocenters. The molecular formula is C16H26N2. The van der Waals surface area contributed by atoms with Crippen LogP contribution in [-0.4, -0.2) is 25.7 Å². The summed E-state index contributed by atoms with van der Waals surface area (Å²) in [6.45, 7) is 5.84. The highest BCUT2D eigenvalue weighted by Crippen LogP contribution is 2.19. The lowest BCUT2D eigenvalue weighted by Crippen LogP contribution is -2.42. The van der Waals surface area contributed by atoms with E-state index >= 15 is 0 Å². The molecule has 1 aromatic rings. The summed E-state index contributed by atoms with van der Waals surface area (Å²) in [5.41, 5.74) is 1.38. The fraction of sp³-hybridized carbons (Fsp3) is 0.625. The van der Waals surface area contributed by atoms with Gasteiger partial charge in [0.2, 0.25) is 0 Å². The van der Waals surface area contributed by atoms with E-state index in [1.165, 1.54) is 57.4 Å². The summed E-state index contributed by atoms with van der Waals surface area (Å²) in [5, 5.41) is 3.70. The Balaban J connectivity index is 1.68. The third kappa shape index (κ3) is 4.02. The number of hydrogen-bond donors (Lipinski definition) is 1. The molecule has 1 N–H and O–H groups in total. The molecule has 2 rings (SSSR count). The number of para-hydroxylation sites is 1. The van der Waals surface area contributed by atoms with Gasteiger partial charge >= 0.3 is 0 Å². The Morgan fingerprint density at radius 1 is 1.11 bits per heavy atom. The number of nitrogens with one attached hydrogen (secondary N) is 1. The molecule has 1 saturated heterocycles. The molecule has 0 atom stereocenters. The normalized spacial score (nSPS) is 17.1. The highest BCUT2D eigenvalue weighted by molar-refractivity contribution is 5.46. The molecule has 1 aliphatic heterocycles. The summed E-state index contributed by atoms with van der Waals surface area (Å²) >= 11 is 0. The van der Waals surface area contributed by atoms with E-state index in [1.54, 1.807) is 0 Å². The average Bonchev–Trinajstić information content (AvgIpc) is 2.45. The molecule has 0 amide bonds. The number of nitrogens with zero attached hydrogens (tertiary/aromatic N) is 1. The molecule has 18 heavy (non-hydrogen) atoms. The number of rotatable bonds is 6. The molecule has 0 radical (unpaired) electrons. The zero-order valence-corrected chi connectivity index (χ0v) is 11.6. The van der Waals surface area contributed by atoms with Crippen LogP contribution in [0, 0.1) is 0 Å². The maximum Gasteiger partial charge on any atom is 0.0366 e. The van der Waals surface area contributed by atoms with Crippen molar-refractivity contribution in [3.8, 4) is 0 Å². The van der Waals surface area contributed by atoms with Crippen LogP contribution in [0.1, 0.15) is 39.0 Å². The van der Waals surface area contributed by atoms with E-state index in [4.69, 9.17) is 0 Å². The molecule has 0 spiro atoms. The molecule has 0 aromatic heterocycles. The molecule has 2 nitrogen and oxygen atoms in total. The van der Waals surface area contributed by atoms with Crippen molar-refractivity contribution in [2.45, 2.75) is 45.1 Å². The van der Waals surface area contributed by atoms with Crippen molar-refractivity contribution >= 4 is 5.69 Å². The highest BCUT2D eigenvalue weighted by Gasteiger charge is 2.18. The lowest BCUT2D eigenvalue weighted by molar-refractivity contribution is 0.410. The van der Waals surface area contributed by atoms with Gasteiger partial charge in [0.05, 0.1) is 0 Å². The van der Waals surface area contributed by atoms with Gasteiger partial charge < -0.3 is 10.2 Å². The Morgan fingerprint density at radius 2 is 1.83 bits per heavy atom. The van der Waals surface area contributed by atoms with Gasteiger partial charge in [-0.05, 0) is 37.9 Å². The number of hydrogen-bond acceptors (Lipinski definition) is 2. The first-order chi connectivity index (χ1) is 8.90. The van der Waals surface area contributed by atoms with Crippen LogP contribution in [0.15, 0.2) is 30.3 Å². The van der Waals surface area contributed by atoms with Crippen LogP contribution in [-0.2, 0) is 0 Å². The maximum atomic E-state index is 3.70. The van der Waals surface area contributed by atoms with Crippen LogP contribution in [0.4, 0.5) is 5.69 Å². The summed E-state index contributed by atoms with van der Waals surface area (Å²) in [4.78, 5) is 2.50. The molecule has 100 valence electrons. The summed E-state index contributed by atoms with van der Waals surface area (Å²) in [6, 6.07) is 11.5. The lowest BCUT2D eigenvalue weighted by atomic mass is 10.0. The van der Waals surface area contributed by atoms with Gasteiger partial charge in [-0.15, -0.1) is 0 Å². The number of anilines is 1. The molecule has 0 saturated carbocycles. The molecule has 1 fully saturated rings. The Morgan fingerprint density at radius 3 is 2.50 bits per heavy atom. The van der Waals surface area contributed by atoms with E-state index < -0.39 is 0 Å². The Hall–Kier alpha value is -1.02. The zero-order chi connectivity index (χ0) is 12.6. The fourth-order valence-corrected chi connectivity index (χ4v) is 2.66. The Kier molecular flexibility index (Phi) is 5.53. The van der Waals surface area contributed by atoms with Gasteiger partial charge in [0.25, 0.3) is 0 Å². The third-order valence-corrected chi connectivity index (χ3v) is 3.83. The largest absolute Gasteiger partial charge is 0.371 e. The lowest BCUT2D eigenvalue weighted by Gasteiger charge is -2.34. The number of benzene rings is 1. The van der Waals surface area contributed by atoms with Crippen molar-refractivity contribution in [1.29, 1.82) is 0 Å². The summed E-state index contributed by atoms with van der Waals surface area (Å²) in [6.07, 6.45) is 6.56. The number of piperidine rings is 1. The van der Waals surface area contributed by atoms with E-state index in [1.807, 2.05) is 0 Å². The topological polar surface area (TPSA) is 15.3 Å². The van der Waals surface area contributed by atoms with E-state index in [0.717, 1.165) is 6.04 Å². The van der Waals surface area contributed by atoms with Crippen molar-refractivity contribution in [3.63, 3.8) is 0 Å². The molecule has 2 heteroatoms. The molecule has 1 heterocycles. The van der Waals surface area contributed by atoms with Crippen molar-refractivity contribution in [3.05, 3.63) is 30.3 Å². The van der Waals surface area contributed by atoms with Crippen LogP contribution in [0.3, 0.4) is 0 Å². The predicted octanol–water partition coefficient (Wildman–Crippen LogP) is 3.44. The first kappa shape index (κ1) is 13.4. The second-order valence-corrected chi connectivity index (χ2v) is 5.26. The molecular weight excluding hydrogens is 220 g/mol. The van der Waals surface area contributed by atoms with Crippen molar-refractivity contribution in [2.75, 3.05) is 24.5 Å². The quantitative estimate of drug-likeness (QED) is 0.774. The minimum atomic E-state index is 0.738. The van der Waals surface area contributed by atoms with Gasteiger partial charge in [0, 0.05) is 24.8 Å². The van der Waals surface area contributed by atoms with Gasteiger partial charge in [-0.1, -0.05) is 38.0 Å². The maximum absolute atomic E-state index is 3.70. The SMILES string of the molecule is CCCCCNC1CCN(c2ccccc2)CC1. The van der Waals surface area contributed by atoms with Crippen molar-refractivity contribution in [2.24, 2.45) is 0 Å². The number of unbranched alkanes of at least 4 members (excludes halogenated alkanes) is 2. The molecule has 0 bridgehead atoms. The minimum Gasteiger partial charge on any atom is -0.371 e. The van der Waals surface area contributed by atoms with E-state index in [0.29, 0.717) is 0 Å². The van der Waals surface area contributed by atoms with Crippen molar-refractivity contribution in [1.82, 2.24) is 5.32 Å². The molecule has 1 aromatic carbocycles.